The number of likely N-dealkylation sites (tertiary alicyclic amines) is 1. The molecular weight excluding hydrogens is 230 g/mol. The molecule has 1 N–H and O–H groups in total. The van der Waals surface area contributed by atoms with E-state index in [1.54, 1.807) is 19.0 Å². The summed E-state index contributed by atoms with van der Waals surface area (Å²) in [4.78, 5) is 26.8. The Morgan fingerprint density at radius 3 is 2.44 bits per heavy atom. The zero-order chi connectivity index (χ0) is 13.5. The monoisotopic (exact) mass is 255 g/mol. The molecule has 5 nitrogen and oxygen atoms in total. The lowest BCUT2D eigenvalue weighted by Crippen LogP contribution is -2.44. The summed E-state index contributed by atoms with van der Waals surface area (Å²) in [6.45, 7) is 4.39. The van der Waals surface area contributed by atoms with Crippen molar-refractivity contribution in [1.29, 1.82) is 0 Å². The summed E-state index contributed by atoms with van der Waals surface area (Å²) in [7, 11) is 3.52. The van der Waals surface area contributed by atoms with E-state index in [1.165, 1.54) is 0 Å². The third kappa shape index (κ3) is 4.64. The van der Waals surface area contributed by atoms with Gasteiger partial charge >= 0.3 is 0 Å². The molecule has 1 rings (SSSR count). The van der Waals surface area contributed by atoms with Gasteiger partial charge in [-0.2, -0.15) is 0 Å². The molecule has 104 valence electrons. The van der Waals surface area contributed by atoms with Crippen LogP contribution in [0.4, 0.5) is 0 Å². The fraction of sp³-hybridized carbons (Fsp3) is 0.846. The lowest BCUT2D eigenvalue weighted by atomic mass is 10.2. The van der Waals surface area contributed by atoms with Crippen molar-refractivity contribution in [3.63, 3.8) is 0 Å². The van der Waals surface area contributed by atoms with Gasteiger partial charge in [-0.1, -0.05) is 0 Å². The largest absolute Gasteiger partial charge is 0.349 e. The average Bonchev–Trinajstić information content (AvgIpc) is 2.86. The number of rotatable bonds is 6. The van der Waals surface area contributed by atoms with Crippen LogP contribution in [0.2, 0.25) is 0 Å². The molecule has 1 saturated heterocycles. The van der Waals surface area contributed by atoms with Crippen LogP contribution in [0.1, 0.15) is 32.6 Å². The smallest absolute Gasteiger partial charge is 0.239 e. The van der Waals surface area contributed by atoms with Crippen LogP contribution in [0, 0.1) is 0 Å². The highest BCUT2D eigenvalue weighted by atomic mass is 16.2. The summed E-state index contributed by atoms with van der Waals surface area (Å²) in [6, 6.07) is -0.141. The standard InChI is InChI=1S/C13H25N3O2/c1-11(13(18)16-9-4-5-10-16)14-8-6-7-12(17)15(2)3/h11,14H,4-10H2,1-3H3. The number of nitrogens with zero attached hydrogens (tertiary/aromatic N) is 2. The third-order valence-electron chi connectivity index (χ3n) is 3.30. The van der Waals surface area contributed by atoms with Gasteiger partial charge in [-0.15, -0.1) is 0 Å². The molecule has 18 heavy (non-hydrogen) atoms. The molecule has 1 heterocycles. The van der Waals surface area contributed by atoms with E-state index in [-0.39, 0.29) is 17.9 Å². The average molecular weight is 255 g/mol. The number of hydrogen-bond acceptors (Lipinski definition) is 3. The minimum absolute atomic E-state index is 0.135. The van der Waals surface area contributed by atoms with Gasteiger partial charge in [0.1, 0.15) is 0 Å². The van der Waals surface area contributed by atoms with Crippen molar-refractivity contribution in [3.8, 4) is 0 Å². The van der Waals surface area contributed by atoms with E-state index in [0.29, 0.717) is 13.0 Å². The Hall–Kier alpha value is -1.10. The van der Waals surface area contributed by atoms with Crippen LogP contribution in [-0.4, -0.2) is 61.4 Å². The second kappa shape index (κ2) is 7.36. The summed E-state index contributed by atoms with van der Waals surface area (Å²) in [5.41, 5.74) is 0. The highest BCUT2D eigenvalue weighted by Crippen LogP contribution is 2.08. The second-order valence-corrected chi connectivity index (χ2v) is 5.10. The maximum absolute atomic E-state index is 12.0. The highest BCUT2D eigenvalue weighted by molar-refractivity contribution is 5.81. The van der Waals surface area contributed by atoms with Crippen molar-refractivity contribution in [2.45, 2.75) is 38.6 Å². The Morgan fingerprint density at radius 1 is 1.28 bits per heavy atom. The molecular formula is C13H25N3O2. The van der Waals surface area contributed by atoms with E-state index >= 15 is 0 Å². The molecule has 0 aromatic carbocycles. The molecule has 0 aromatic rings. The van der Waals surface area contributed by atoms with Gasteiger partial charge in [0.25, 0.3) is 0 Å². The van der Waals surface area contributed by atoms with Gasteiger partial charge in [-0.3, -0.25) is 9.59 Å². The first-order chi connectivity index (χ1) is 8.52. The van der Waals surface area contributed by atoms with Crippen LogP contribution in [0.5, 0.6) is 0 Å². The van der Waals surface area contributed by atoms with Crippen LogP contribution >= 0.6 is 0 Å². The van der Waals surface area contributed by atoms with E-state index < -0.39 is 0 Å². The number of carbonyl (C=O) groups is 2. The van der Waals surface area contributed by atoms with Crippen molar-refractivity contribution in [3.05, 3.63) is 0 Å². The van der Waals surface area contributed by atoms with Crippen molar-refractivity contribution in [2.75, 3.05) is 33.7 Å². The first-order valence-electron chi connectivity index (χ1n) is 6.74. The summed E-state index contributed by atoms with van der Waals surface area (Å²) in [5.74, 6) is 0.321. The molecule has 2 amide bonds. The molecule has 0 radical (unpaired) electrons. The molecule has 1 atom stereocenters. The predicted octanol–water partition coefficient (Wildman–Crippen LogP) is 0.455. The van der Waals surface area contributed by atoms with Crippen LogP contribution in [-0.2, 0) is 9.59 Å². The quantitative estimate of drug-likeness (QED) is 0.701. The number of amides is 2. The van der Waals surface area contributed by atoms with Crippen LogP contribution in [0.25, 0.3) is 0 Å². The Morgan fingerprint density at radius 2 is 1.89 bits per heavy atom. The maximum atomic E-state index is 12.0. The van der Waals surface area contributed by atoms with Gasteiger partial charge in [0.05, 0.1) is 6.04 Å². The van der Waals surface area contributed by atoms with Crippen LogP contribution in [0.15, 0.2) is 0 Å². The summed E-state index contributed by atoms with van der Waals surface area (Å²) < 4.78 is 0. The molecule has 5 heteroatoms. The topological polar surface area (TPSA) is 52.7 Å². The molecule has 1 aliphatic rings. The number of carbonyl (C=O) groups excluding carboxylic acids is 2. The maximum Gasteiger partial charge on any atom is 0.239 e. The third-order valence-corrected chi connectivity index (χ3v) is 3.30. The van der Waals surface area contributed by atoms with Crippen molar-refractivity contribution < 1.29 is 9.59 Å². The predicted molar refractivity (Wildman–Crippen MR) is 71.2 cm³/mol. The molecule has 1 fully saturated rings. The van der Waals surface area contributed by atoms with E-state index in [2.05, 4.69) is 5.32 Å². The van der Waals surface area contributed by atoms with E-state index in [9.17, 15) is 9.59 Å². The van der Waals surface area contributed by atoms with Gasteiger partial charge < -0.3 is 15.1 Å². The van der Waals surface area contributed by atoms with Gasteiger partial charge in [-0.05, 0) is 32.7 Å². The summed E-state index contributed by atoms with van der Waals surface area (Å²) in [6.07, 6.45) is 3.55. The van der Waals surface area contributed by atoms with Gasteiger partial charge in [0.15, 0.2) is 0 Å². The van der Waals surface area contributed by atoms with Crippen LogP contribution in [0.3, 0.4) is 0 Å². The van der Waals surface area contributed by atoms with Gasteiger partial charge in [-0.25, -0.2) is 0 Å². The SMILES string of the molecule is CC(NCCCC(=O)N(C)C)C(=O)N1CCCC1. The Bertz CT molecular complexity index is 286. The zero-order valence-electron chi connectivity index (χ0n) is 11.7. The molecule has 0 aromatic heterocycles. The fourth-order valence-corrected chi connectivity index (χ4v) is 2.08. The molecule has 0 saturated carbocycles. The lowest BCUT2D eigenvalue weighted by molar-refractivity contribution is -0.131. The second-order valence-electron chi connectivity index (χ2n) is 5.10. The van der Waals surface area contributed by atoms with Gasteiger partial charge in [0.2, 0.25) is 11.8 Å². The Balaban J connectivity index is 2.14. The van der Waals surface area contributed by atoms with E-state index in [0.717, 1.165) is 32.4 Å². The molecule has 1 aliphatic heterocycles. The minimum Gasteiger partial charge on any atom is -0.349 e. The molecule has 0 spiro atoms. The molecule has 0 aliphatic carbocycles. The minimum atomic E-state index is -0.141. The van der Waals surface area contributed by atoms with E-state index in [4.69, 9.17) is 0 Å². The lowest BCUT2D eigenvalue weighted by Gasteiger charge is -2.21. The van der Waals surface area contributed by atoms with Gasteiger partial charge in [0, 0.05) is 33.6 Å². The summed E-state index contributed by atoms with van der Waals surface area (Å²) >= 11 is 0. The molecule has 1 unspecified atom stereocenters. The Labute approximate surface area is 110 Å². The summed E-state index contributed by atoms with van der Waals surface area (Å²) in [5, 5.41) is 3.19. The molecule has 0 bridgehead atoms. The Kier molecular flexibility index (Phi) is 6.12. The number of nitrogens with one attached hydrogen (secondary N) is 1. The first kappa shape index (κ1) is 15.0. The fourth-order valence-electron chi connectivity index (χ4n) is 2.08. The first-order valence-corrected chi connectivity index (χ1v) is 6.74. The van der Waals surface area contributed by atoms with Crippen molar-refractivity contribution in [1.82, 2.24) is 15.1 Å². The highest BCUT2D eigenvalue weighted by Gasteiger charge is 2.22. The zero-order valence-corrected chi connectivity index (χ0v) is 11.7. The van der Waals surface area contributed by atoms with Crippen molar-refractivity contribution >= 4 is 11.8 Å². The number of hydrogen-bond donors (Lipinski definition) is 1. The van der Waals surface area contributed by atoms with E-state index in [1.807, 2.05) is 11.8 Å². The van der Waals surface area contributed by atoms with Crippen molar-refractivity contribution in [2.24, 2.45) is 0 Å². The normalized spacial score (nSPS) is 16.7. The van der Waals surface area contributed by atoms with Crippen LogP contribution < -0.4 is 5.32 Å².